The number of benzene rings is 3. The Morgan fingerprint density at radius 3 is 2.25 bits per heavy atom. The number of nitrogens with zero attached hydrogens (tertiary/aromatic N) is 2. The largest absolute Gasteiger partial charge is 0.257 e. The topological polar surface area (TPSA) is 15.6 Å². The van der Waals surface area contributed by atoms with Gasteiger partial charge in [-0.2, -0.15) is 5.10 Å². The van der Waals surface area contributed by atoms with Gasteiger partial charge in [0.1, 0.15) is 5.82 Å². The minimum atomic E-state index is -0.285. The third kappa shape index (κ3) is 4.27. The van der Waals surface area contributed by atoms with Gasteiger partial charge in [0.05, 0.1) is 17.4 Å². The van der Waals surface area contributed by atoms with Gasteiger partial charge in [-0.05, 0) is 59.7 Å². The number of anilines is 1. The Labute approximate surface area is 173 Å². The Morgan fingerprint density at radius 1 is 0.893 bits per heavy atom. The first kappa shape index (κ1) is 18.7. The fourth-order valence-corrected chi connectivity index (χ4v) is 3.45. The molecule has 0 saturated heterocycles. The molecular formula is C23H17Cl2FN2. The minimum Gasteiger partial charge on any atom is -0.257 e. The van der Waals surface area contributed by atoms with Crippen LogP contribution in [0.1, 0.15) is 23.6 Å². The molecule has 2 nitrogen and oxygen atoms in total. The van der Waals surface area contributed by atoms with Gasteiger partial charge in [-0.15, -0.1) is 0 Å². The average molecular weight is 411 g/mol. The van der Waals surface area contributed by atoms with Crippen molar-refractivity contribution in [1.82, 2.24) is 0 Å². The summed E-state index contributed by atoms with van der Waals surface area (Å²) in [4.78, 5) is 0. The van der Waals surface area contributed by atoms with E-state index in [-0.39, 0.29) is 11.9 Å². The molecule has 0 amide bonds. The molecule has 4 rings (SSSR count). The molecule has 0 spiro atoms. The number of halogens is 3. The van der Waals surface area contributed by atoms with Gasteiger partial charge in [-0.3, -0.25) is 5.01 Å². The Morgan fingerprint density at radius 2 is 1.57 bits per heavy atom. The second-order valence-electron chi connectivity index (χ2n) is 6.57. The standard InChI is InChI=1S/C23H17Cl2FN2/c24-18-9-4-16(5-10-18)6-13-21-15-23(17-7-11-19(25)12-8-17)28(27-21)22-3-1-2-20(26)14-22/h1-14,23H,15H2/b13-6+/t23-/m0/s1. The number of hydrogen-bond acceptors (Lipinski definition) is 2. The van der Waals surface area contributed by atoms with Crippen LogP contribution in [0.25, 0.3) is 6.08 Å². The molecule has 0 saturated carbocycles. The van der Waals surface area contributed by atoms with Crippen LogP contribution < -0.4 is 5.01 Å². The molecule has 5 heteroatoms. The van der Waals surface area contributed by atoms with Gasteiger partial charge in [0.25, 0.3) is 0 Å². The first-order chi connectivity index (χ1) is 13.6. The lowest BCUT2D eigenvalue weighted by atomic mass is 10.0. The summed E-state index contributed by atoms with van der Waals surface area (Å²) in [6.45, 7) is 0. The maximum Gasteiger partial charge on any atom is 0.125 e. The zero-order chi connectivity index (χ0) is 19.5. The number of hydrogen-bond donors (Lipinski definition) is 0. The molecule has 1 heterocycles. The first-order valence-electron chi connectivity index (χ1n) is 8.90. The summed E-state index contributed by atoms with van der Waals surface area (Å²) in [5, 5.41) is 8.01. The molecule has 0 fully saturated rings. The maximum absolute atomic E-state index is 13.8. The fourth-order valence-electron chi connectivity index (χ4n) is 3.20. The van der Waals surface area contributed by atoms with E-state index in [1.165, 1.54) is 12.1 Å². The second kappa shape index (κ2) is 8.17. The van der Waals surface area contributed by atoms with Crippen LogP contribution in [0.2, 0.25) is 10.0 Å². The third-order valence-electron chi connectivity index (χ3n) is 4.60. The summed E-state index contributed by atoms with van der Waals surface area (Å²) in [5.41, 5.74) is 3.75. The van der Waals surface area contributed by atoms with Gasteiger partial charge in [0, 0.05) is 16.5 Å². The quantitative estimate of drug-likeness (QED) is 0.445. The normalized spacial score (nSPS) is 16.6. The molecule has 0 radical (unpaired) electrons. The van der Waals surface area contributed by atoms with Crippen molar-refractivity contribution in [3.05, 3.63) is 106 Å². The van der Waals surface area contributed by atoms with Crippen molar-refractivity contribution in [2.24, 2.45) is 5.10 Å². The van der Waals surface area contributed by atoms with Crippen molar-refractivity contribution in [3.8, 4) is 0 Å². The van der Waals surface area contributed by atoms with Crippen LogP contribution in [0.15, 0.2) is 84.0 Å². The SMILES string of the molecule is Fc1cccc(N2N=C(/C=C/c3ccc(Cl)cc3)C[C@H]2c2ccc(Cl)cc2)c1. The van der Waals surface area contributed by atoms with E-state index in [0.717, 1.165) is 22.5 Å². The lowest BCUT2D eigenvalue weighted by Gasteiger charge is -2.24. The lowest BCUT2D eigenvalue weighted by Crippen LogP contribution is -2.18. The predicted octanol–water partition coefficient (Wildman–Crippen LogP) is 7.15. The highest BCUT2D eigenvalue weighted by Crippen LogP contribution is 2.36. The zero-order valence-corrected chi connectivity index (χ0v) is 16.4. The predicted molar refractivity (Wildman–Crippen MR) is 116 cm³/mol. The molecule has 0 unspecified atom stereocenters. The summed E-state index contributed by atoms with van der Waals surface area (Å²) in [6.07, 6.45) is 4.71. The first-order valence-corrected chi connectivity index (χ1v) is 9.65. The van der Waals surface area contributed by atoms with Crippen molar-refractivity contribution in [1.29, 1.82) is 0 Å². The van der Waals surface area contributed by atoms with Gasteiger partial charge >= 0.3 is 0 Å². The van der Waals surface area contributed by atoms with Crippen molar-refractivity contribution >= 4 is 40.7 Å². The second-order valence-corrected chi connectivity index (χ2v) is 7.45. The Bertz CT molecular complexity index is 1030. The molecule has 1 aliphatic rings. The number of rotatable bonds is 4. The summed E-state index contributed by atoms with van der Waals surface area (Å²) >= 11 is 12.0. The molecule has 1 atom stereocenters. The fraction of sp³-hybridized carbons (Fsp3) is 0.0870. The number of allylic oxidation sites excluding steroid dienone is 1. The van der Waals surface area contributed by atoms with Crippen LogP contribution in [0.4, 0.5) is 10.1 Å². The maximum atomic E-state index is 13.8. The molecule has 3 aromatic carbocycles. The van der Waals surface area contributed by atoms with Crippen LogP contribution in [0.5, 0.6) is 0 Å². The highest BCUT2D eigenvalue weighted by molar-refractivity contribution is 6.30. The lowest BCUT2D eigenvalue weighted by molar-refractivity contribution is 0.624. The molecule has 140 valence electrons. The monoisotopic (exact) mass is 410 g/mol. The van der Waals surface area contributed by atoms with Crippen molar-refractivity contribution in [3.63, 3.8) is 0 Å². The van der Waals surface area contributed by atoms with Gasteiger partial charge in [0.15, 0.2) is 0 Å². The third-order valence-corrected chi connectivity index (χ3v) is 5.10. The van der Waals surface area contributed by atoms with Crippen molar-refractivity contribution in [2.75, 3.05) is 5.01 Å². The summed E-state index contributed by atoms with van der Waals surface area (Å²) in [7, 11) is 0. The van der Waals surface area contributed by atoms with E-state index >= 15 is 0 Å². The molecule has 0 aliphatic carbocycles. The molecule has 1 aliphatic heterocycles. The minimum absolute atomic E-state index is 0.0241. The van der Waals surface area contributed by atoms with Crippen molar-refractivity contribution < 1.29 is 4.39 Å². The van der Waals surface area contributed by atoms with Crippen molar-refractivity contribution in [2.45, 2.75) is 12.5 Å². The van der Waals surface area contributed by atoms with Crippen LogP contribution >= 0.6 is 23.2 Å². The van der Waals surface area contributed by atoms with Gasteiger partial charge in [-0.25, -0.2) is 4.39 Å². The summed E-state index contributed by atoms with van der Waals surface area (Å²) < 4.78 is 13.8. The smallest absolute Gasteiger partial charge is 0.125 e. The van der Waals surface area contributed by atoms with Gasteiger partial charge < -0.3 is 0 Å². The van der Waals surface area contributed by atoms with Crippen LogP contribution in [-0.4, -0.2) is 5.71 Å². The summed E-state index contributed by atoms with van der Waals surface area (Å²) in [6, 6.07) is 21.8. The molecule has 28 heavy (non-hydrogen) atoms. The van der Waals surface area contributed by atoms with E-state index in [1.54, 1.807) is 6.07 Å². The molecular weight excluding hydrogens is 394 g/mol. The van der Waals surface area contributed by atoms with E-state index in [2.05, 4.69) is 0 Å². The van der Waals surface area contributed by atoms with Crippen LogP contribution in [0.3, 0.4) is 0 Å². The van der Waals surface area contributed by atoms with E-state index in [1.807, 2.05) is 71.8 Å². The van der Waals surface area contributed by atoms with Gasteiger partial charge in [-0.1, -0.05) is 59.6 Å². The van der Waals surface area contributed by atoms with Crippen LogP contribution in [0, 0.1) is 5.82 Å². The summed E-state index contributed by atoms with van der Waals surface area (Å²) in [5.74, 6) is -0.285. The Hall–Kier alpha value is -2.62. The molecule has 0 N–H and O–H groups in total. The average Bonchev–Trinajstić information content (AvgIpc) is 3.12. The van der Waals surface area contributed by atoms with E-state index in [0.29, 0.717) is 16.5 Å². The van der Waals surface area contributed by atoms with Crippen LogP contribution in [-0.2, 0) is 0 Å². The molecule has 0 aromatic heterocycles. The van der Waals surface area contributed by atoms with Gasteiger partial charge in [0.2, 0.25) is 0 Å². The molecule has 0 bridgehead atoms. The van der Waals surface area contributed by atoms with E-state index < -0.39 is 0 Å². The van der Waals surface area contributed by atoms with E-state index in [9.17, 15) is 4.39 Å². The number of hydrazone groups is 1. The highest BCUT2D eigenvalue weighted by Gasteiger charge is 2.28. The van der Waals surface area contributed by atoms with E-state index in [4.69, 9.17) is 28.3 Å². The molecule has 3 aromatic rings. The highest BCUT2D eigenvalue weighted by atomic mass is 35.5. The Balaban J connectivity index is 1.65. The zero-order valence-electron chi connectivity index (χ0n) is 14.9. The Kier molecular flexibility index (Phi) is 5.47.